The van der Waals surface area contributed by atoms with Crippen LogP contribution < -0.4 is 19.7 Å². The van der Waals surface area contributed by atoms with Crippen molar-refractivity contribution in [2.75, 3.05) is 46.3 Å². The van der Waals surface area contributed by atoms with Gasteiger partial charge in [-0.3, -0.25) is 8.61 Å². The molecule has 0 aromatic carbocycles. The molecule has 4 rings (SSSR count). The molecule has 4 aromatic rings. The molecule has 0 unspecified atom stereocenters. The number of anilines is 5. The van der Waals surface area contributed by atoms with E-state index < -0.39 is 20.0 Å². The zero-order chi connectivity index (χ0) is 26.7. The molecule has 0 radical (unpaired) electrons. The summed E-state index contributed by atoms with van der Waals surface area (Å²) in [6, 6.07) is 10.2. The van der Waals surface area contributed by atoms with Crippen molar-refractivity contribution in [2.45, 2.75) is 0 Å². The number of hydrogen-bond donors (Lipinski definition) is 2. The first kappa shape index (κ1) is 26.9. The monoisotopic (exact) mass is 553 g/mol. The Kier molecular flexibility index (Phi) is 7.86. The molecule has 0 spiro atoms. The molecule has 16 heteroatoms. The van der Waals surface area contributed by atoms with Crippen LogP contribution in [-0.4, -0.2) is 68.0 Å². The van der Waals surface area contributed by atoms with Gasteiger partial charge in [-0.1, -0.05) is 0 Å². The molecule has 192 valence electrons. The highest BCUT2D eigenvalue weighted by Crippen LogP contribution is 2.28. The maximum Gasteiger partial charge on any atom is 0.243 e. The lowest BCUT2D eigenvalue weighted by Crippen LogP contribution is -2.26. The van der Waals surface area contributed by atoms with Crippen molar-refractivity contribution in [3.8, 4) is 0 Å². The van der Waals surface area contributed by atoms with Crippen molar-refractivity contribution in [1.29, 1.82) is 0 Å². The minimum absolute atomic E-state index is 0.124. The lowest BCUT2D eigenvalue weighted by atomic mass is 10.3. The van der Waals surface area contributed by atoms with Crippen molar-refractivity contribution in [2.24, 2.45) is 0 Å². The normalized spacial score (nSPS) is 11.5. The van der Waals surface area contributed by atoms with E-state index in [1.54, 1.807) is 42.6 Å². The minimum Gasteiger partial charge on any atom is -0.396 e. The van der Waals surface area contributed by atoms with Gasteiger partial charge in [-0.2, -0.15) is 4.98 Å². The lowest BCUT2D eigenvalue weighted by Gasteiger charge is -2.19. The number of sulfonamides is 2. The van der Waals surface area contributed by atoms with E-state index in [0.29, 0.717) is 22.7 Å². The number of hydrogen-bond acceptors (Lipinski definition) is 10. The first-order valence-corrected chi connectivity index (χ1v) is 14.2. The molecule has 0 bridgehead atoms. The van der Waals surface area contributed by atoms with Crippen LogP contribution in [0.4, 0.5) is 28.7 Å². The summed E-state index contributed by atoms with van der Waals surface area (Å²) in [4.78, 5) is 12.1. The molecule has 0 saturated heterocycles. The molecule has 4 heterocycles. The number of rotatable bonds is 6. The fourth-order valence-corrected chi connectivity index (χ4v) is 3.94. The Bertz CT molecular complexity index is 1590. The van der Waals surface area contributed by atoms with Gasteiger partial charge < -0.3 is 11.1 Å². The fraction of sp³-hybridized carbons (Fsp3) is 0.200. The highest BCUT2D eigenvalue weighted by atomic mass is 35.5. The summed E-state index contributed by atoms with van der Waals surface area (Å²) in [6.07, 6.45) is 6.95. The van der Waals surface area contributed by atoms with Gasteiger partial charge in [0.25, 0.3) is 0 Å². The highest BCUT2D eigenvalue weighted by Gasteiger charge is 2.18. The SMILES string of the molecule is CN(c1ncccc1N)S(C)(=O)=O.CN(c1ncccc1Nc1cccn2nc(Cl)nc12)S(C)(=O)=O. The van der Waals surface area contributed by atoms with Gasteiger partial charge in [-0.25, -0.2) is 31.3 Å². The van der Waals surface area contributed by atoms with Crippen LogP contribution in [0.1, 0.15) is 0 Å². The summed E-state index contributed by atoms with van der Waals surface area (Å²) in [7, 11) is -3.87. The van der Waals surface area contributed by atoms with Crippen LogP contribution in [0, 0.1) is 0 Å². The molecule has 0 aliphatic heterocycles. The van der Waals surface area contributed by atoms with Crippen molar-refractivity contribution in [3.63, 3.8) is 0 Å². The van der Waals surface area contributed by atoms with Gasteiger partial charge in [0.2, 0.25) is 25.3 Å². The Morgan fingerprint density at radius 1 is 0.889 bits per heavy atom. The summed E-state index contributed by atoms with van der Waals surface area (Å²) >= 11 is 5.83. The maximum atomic E-state index is 11.8. The van der Waals surface area contributed by atoms with Crippen molar-refractivity contribution in [1.82, 2.24) is 24.6 Å². The number of nitrogens with zero attached hydrogens (tertiary/aromatic N) is 7. The van der Waals surface area contributed by atoms with E-state index in [-0.39, 0.29) is 16.9 Å². The first-order valence-electron chi connectivity index (χ1n) is 10.1. The quantitative estimate of drug-likeness (QED) is 0.360. The van der Waals surface area contributed by atoms with Crippen LogP contribution in [0.2, 0.25) is 5.28 Å². The van der Waals surface area contributed by atoms with E-state index >= 15 is 0 Å². The number of nitrogen functional groups attached to an aromatic ring is 1. The Balaban J connectivity index is 0.000000236. The number of halogens is 1. The number of pyridine rings is 3. The van der Waals surface area contributed by atoms with Crippen molar-refractivity contribution < 1.29 is 16.8 Å². The average molecular weight is 554 g/mol. The molecule has 0 fully saturated rings. The smallest absolute Gasteiger partial charge is 0.243 e. The van der Waals surface area contributed by atoms with Crippen LogP contribution in [0.15, 0.2) is 55.0 Å². The number of nitrogens with one attached hydrogen (secondary N) is 1. The molecule has 13 nitrogen and oxygen atoms in total. The molecule has 0 saturated carbocycles. The molecule has 0 aliphatic rings. The highest BCUT2D eigenvalue weighted by molar-refractivity contribution is 7.92. The topological polar surface area (TPSA) is 169 Å². The second-order valence-corrected chi connectivity index (χ2v) is 11.8. The second kappa shape index (κ2) is 10.5. The van der Waals surface area contributed by atoms with Gasteiger partial charge >= 0.3 is 0 Å². The van der Waals surface area contributed by atoms with Gasteiger partial charge in [-0.15, -0.1) is 5.10 Å². The number of fused-ring (bicyclic) bond motifs is 1. The van der Waals surface area contributed by atoms with Crippen molar-refractivity contribution >= 4 is 66.0 Å². The molecule has 4 aromatic heterocycles. The average Bonchev–Trinajstić information content (AvgIpc) is 3.19. The maximum absolute atomic E-state index is 11.8. The summed E-state index contributed by atoms with van der Waals surface area (Å²) in [5.74, 6) is 0.535. The van der Waals surface area contributed by atoms with Crippen LogP contribution in [-0.2, 0) is 20.0 Å². The van der Waals surface area contributed by atoms with Crippen LogP contribution in [0.3, 0.4) is 0 Å². The van der Waals surface area contributed by atoms with Crippen LogP contribution >= 0.6 is 11.6 Å². The van der Waals surface area contributed by atoms with Crippen LogP contribution in [0.5, 0.6) is 0 Å². The molecule has 0 amide bonds. The van der Waals surface area contributed by atoms with Crippen molar-refractivity contribution in [3.05, 3.63) is 60.3 Å². The largest absolute Gasteiger partial charge is 0.396 e. The Morgan fingerprint density at radius 2 is 1.44 bits per heavy atom. The third kappa shape index (κ3) is 6.30. The summed E-state index contributed by atoms with van der Waals surface area (Å²) in [6.45, 7) is 0. The minimum atomic E-state index is -3.43. The molecule has 0 aliphatic carbocycles. The molecular formula is C20H24ClN9O4S2. The Hall–Kier alpha value is -3.69. The van der Waals surface area contributed by atoms with E-state index in [1.807, 2.05) is 0 Å². The van der Waals surface area contributed by atoms with E-state index in [2.05, 4.69) is 25.4 Å². The number of nitrogens with two attached hydrogens (primary N) is 1. The van der Waals surface area contributed by atoms with Gasteiger partial charge in [0.1, 0.15) is 0 Å². The standard InChI is InChI=1S/C13H13ClN6O2S.C7H11N3O2S/c1-19(23(2,21)22)11-9(5-3-7-15-11)16-10-6-4-8-20-12(10)17-13(14)18-20;1-10(13(2,11)12)7-6(8)4-3-5-9-7/h3-8,16H,1-2H3;3-5H,8H2,1-2H3. The van der Waals surface area contributed by atoms with Gasteiger partial charge in [0.05, 0.1) is 29.6 Å². The van der Waals surface area contributed by atoms with E-state index in [4.69, 9.17) is 17.3 Å². The zero-order valence-corrected chi connectivity index (χ0v) is 22.1. The lowest BCUT2D eigenvalue weighted by molar-refractivity contribution is 0.598. The predicted octanol–water partition coefficient (Wildman–Crippen LogP) is 1.98. The van der Waals surface area contributed by atoms with E-state index in [1.165, 1.54) is 31.0 Å². The van der Waals surface area contributed by atoms with Gasteiger partial charge in [-0.05, 0) is 48.0 Å². The zero-order valence-electron chi connectivity index (χ0n) is 19.7. The van der Waals surface area contributed by atoms with E-state index in [9.17, 15) is 16.8 Å². The third-order valence-electron chi connectivity index (χ3n) is 4.80. The molecule has 0 atom stereocenters. The Labute approximate surface area is 213 Å². The van der Waals surface area contributed by atoms with Gasteiger partial charge in [0, 0.05) is 32.7 Å². The fourth-order valence-electron chi connectivity index (χ4n) is 2.85. The Morgan fingerprint density at radius 3 is 2.06 bits per heavy atom. The molecule has 36 heavy (non-hydrogen) atoms. The van der Waals surface area contributed by atoms with Crippen LogP contribution in [0.25, 0.3) is 5.65 Å². The molecular weight excluding hydrogens is 530 g/mol. The summed E-state index contributed by atoms with van der Waals surface area (Å²) < 4.78 is 49.4. The predicted molar refractivity (Wildman–Crippen MR) is 141 cm³/mol. The molecule has 3 N–H and O–H groups in total. The summed E-state index contributed by atoms with van der Waals surface area (Å²) in [5.41, 5.74) is 7.56. The second-order valence-electron chi connectivity index (χ2n) is 7.45. The number of aromatic nitrogens is 5. The summed E-state index contributed by atoms with van der Waals surface area (Å²) in [5, 5.41) is 7.28. The van der Waals surface area contributed by atoms with Gasteiger partial charge in [0.15, 0.2) is 17.3 Å². The first-order chi connectivity index (χ1) is 16.8. The third-order valence-corrected chi connectivity index (χ3v) is 7.30. The van der Waals surface area contributed by atoms with E-state index in [0.717, 1.165) is 21.1 Å².